The predicted octanol–water partition coefficient (Wildman–Crippen LogP) is 3.35. The zero-order chi connectivity index (χ0) is 13.8. The van der Waals surface area contributed by atoms with Crippen molar-refractivity contribution in [3.05, 3.63) is 22.7 Å². The number of hydrogen-bond acceptors (Lipinski definition) is 3. The van der Waals surface area contributed by atoms with Crippen molar-refractivity contribution >= 4 is 39.9 Å². The monoisotopic (exact) mass is 362 g/mol. The van der Waals surface area contributed by atoms with Gasteiger partial charge < -0.3 is 15.4 Å². The topological polar surface area (TPSA) is 50.4 Å². The van der Waals surface area contributed by atoms with Gasteiger partial charge in [0.25, 0.3) is 0 Å². The molecule has 1 aliphatic heterocycles. The normalized spacial score (nSPS) is 17.7. The Morgan fingerprint density at radius 2 is 2.20 bits per heavy atom. The highest BCUT2D eigenvalue weighted by Gasteiger charge is 2.22. The molecule has 1 aromatic rings. The molecular weight excluding hydrogens is 344 g/mol. The summed E-state index contributed by atoms with van der Waals surface area (Å²) in [5.41, 5.74) is 0.753. The van der Waals surface area contributed by atoms with Crippen molar-refractivity contribution in [1.82, 2.24) is 5.32 Å². The lowest BCUT2D eigenvalue weighted by atomic mass is 10.2. The van der Waals surface area contributed by atoms with Gasteiger partial charge in [-0.3, -0.25) is 4.79 Å². The summed E-state index contributed by atoms with van der Waals surface area (Å²) in [5, 5.41) is 6.11. The van der Waals surface area contributed by atoms with Crippen LogP contribution in [0.3, 0.4) is 0 Å². The summed E-state index contributed by atoms with van der Waals surface area (Å²) in [7, 11) is 0. The second-order valence-corrected chi connectivity index (χ2v) is 5.90. The Bertz CT molecular complexity index is 462. The van der Waals surface area contributed by atoms with Crippen LogP contribution >= 0.6 is 28.3 Å². The molecule has 1 aromatic carbocycles. The quantitative estimate of drug-likeness (QED) is 0.862. The van der Waals surface area contributed by atoms with Crippen LogP contribution in [0.2, 0.25) is 0 Å². The van der Waals surface area contributed by atoms with Crippen LogP contribution in [0.5, 0.6) is 5.75 Å². The largest absolute Gasteiger partial charge is 0.491 e. The maximum atomic E-state index is 12.0. The van der Waals surface area contributed by atoms with Gasteiger partial charge in [0.05, 0.1) is 12.1 Å². The van der Waals surface area contributed by atoms with Gasteiger partial charge in [-0.25, -0.2) is 0 Å². The van der Waals surface area contributed by atoms with E-state index >= 15 is 0 Å². The van der Waals surface area contributed by atoms with Gasteiger partial charge in [0.15, 0.2) is 0 Å². The Morgan fingerprint density at radius 3 is 2.80 bits per heavy atom. The lowest BCUT2D eigenvalue weighted by Gasteiger charge is -2.14. The molecule has 1 heterocycles. The average molecular weight is 364 g/mol. The van der Waals surface area contributed by atoms with E-state index in [0.29, 0.717) is 0 Å². The molecule has 112 valence electrons. The highest BCUT2D eigenvalue weighted by molar-refractivity contribution is 9.10. The fourth-order valence-corrected chi connectivity index (χ4v) is 2.59. The molecule has 0 spiro atoms. The summed E-state index contributed by atoms with van der Waals surface area (Å²) in [6, 6.07) is 5.54. The molecule has 1 atom stereocenters. The molecule has 2 rings (SSSR count). The van der Waals surface area contributed by atoms with Gasteiger partial charge in [-0.05, 0) is 45.4 Å². The smallest absolute Gasteiger partial charge is 0.241 e. The van der Waals surface area contributed by atoms with Crippen LogP contribution < -0.4 is 15.4 Å². The molecule has 1 unspecified atom stereocenters. The Kier molecular flexibility index (Phi) is 6.79. The first-order valence-electron chi connectivity index (χ1n) is 6.56. The molecule has 0 saturated carbocycles. The average Bonchev–Trinajstić information content (AvgIpc) is 2.79. The molecule has 1 saturated heterocycles. The molecular formula is C14H20BrClN2O2. The molecule has 0 aromatic heterocycles. The molecule has 4 nitrogen and oxygen atoms in total. The Labute approximate surface area is 134 Å². The number of benzene rings is 1. The Hall–Kier alpha value is -0.780. The Balaban J connectivity index is 0.00000200. The molecule has 0 radical (unpaired) electrons. The van der Waals surface area contributed by atoms with Crippen LogP contribution in [0.1, 0.15) is 26.7 Å². The summed E-state index contributed by atoms with van der Waals surface area (Å²) in [6.45, 7) is 4.86. The van der Waals surface area contributed by atoms with Crippen molar-refractivity contribution in [1.29, 1.82) is 0 Å². The van der Waals surface area contributed by atoms with Crippen molar-refractivity contribution in [2.75, 3.05) is 11.9 Å². The van der Waals surface area contributed by atoms with Gasteiger partial charge in [0.1, 0.15) is 5.75 Å². The van der Waals surface area contributed by atoms with Gasteiger partial charge in [-0.2, -0.15) is 0 Å². The van der Waals surface area contributed by atoms with Crippen molar-refractivity contribution < 1.29 is 9.53 Å². The summed E-state index contributed by atoms with van der Waals surface area (Å²) in [6.07, 6.45) is 2.06. The van der Waals surface area contributed by atoms with E-state index < -0.39 is 0 Å². The minimum absolute atomic E-state index is 0. The molecule has 2 N–H and O–H groups in total. The summed E-state index contributed by atoms with van der Waals surface area (Å²) in [4.78, 5) is 12.0. The minimum Gasteiger partial charge on any atom is -0.491 e. The van der Waals surface area contributed by atoms with E-state index in [0.717, 1.165) is 35.3 Å². The van der Waals surface area contributed by atoms with Gasteiger partial charge in [-0.1, -0.05) is 15.9 Å². The van der Waals surface area contributed by atoms with Crippen LogP contribution in [-0.2, 0) is 4.79 Å². The number of halogens is 2. The second-order valence-electron chi connectivity index (χ2n) is 4.98. The highest BCUT2D eigenvalue weighted by atomic mass is 79.9. The predicted molar refractivity (Wildman–Crippen MR) is 86.8 cm³/mol. The van der Waals surface area contributed by atoms with Crippen molar-refractivity contribution in [3.63, 3.8) is 0 Å². The van der Waals surface area contributed by atoms with E-state index in [9.17, 15) is 4.79 Å². The maximum absolute atomic E-state index is 12.0. The Morgan fingerprint density at radius 1 is 1.45 bits per heavy atom. The number of anilines is 1. The standard InChI is InChI=1S/C14H19BrN2O2.ClH/c1-9(2)19-12-7-10(15)6-11(8-12)17-14(18)13-4-3-5-16-13;/h6-9,13,16H,3-5H2,1-2H3,(H,17,18);1H. The molecule has 6 heteroatoms. The van der Waals surface area contributed by atoms with E-state index in [1.165, 1.54) is 0 Å². The number of ether oxygens (including phenoxy) is 1. The van der Waals surface area contributed by atoms with E-state index in [2.05, 4.69) is 26.6 Å². The van der Waals surface area contributed by atoms with Gasteiger partial charge in [0, 0.05) is 16.2 Å². The van der Waals surface area contributed by atoms with E-state index in [1.807, 2.05) is 32.0 Å². The SMILES string of the molecule is CC(C)Oc1cc(Br)cc(NC(=O)C2CCCN2)c1.Cl. The van der Waals surface area contributed by atoms with Crippen LogP contribution in [-0.4, -0.2) is 24.6 Å². The number of carbonyl (C=O) groups excluding carboxylic acids is 1. The number of hydrogen-bond donors (Lipinski definition) is 2. The van der Waals surface area contributed by atoms with Crippen LogP contribution in [0.4, 0.5) is 5.69 Å². The number of amides is 1. The lowest BCUT2D eigenvalue weighted by molar-refractivity contribution is -0.117. The summed E-state index contributed by atoms with van der Waals surface area (Å²) < 4.78 is 6.54. The van der Waals surface area contributed by atoms with Crippen molar-refractivity contribution in [2.24, 2.45) is 0 Å². The van der Waals surface area contributed by atoms with Gasteiger partial charge >= 0.3 is 0 Å². The third kappa shape index (κ3) is 4.96. The fraction of sp³-hybridized carbons (Fsp3) is 0.500. The van der Waals surface area contributed by atoms with Crippen molar-refractivity contribution in [2.45, 2.75) is 38.8 Å². The number of carbonyl (C=O) groups is 1. The lowest BCUT2D eigenvalue weighted by Crippen LogP contribution is -2.35. The molecule has 1 fully saturated rings. The van der Waals surface area contributed by atoms with Crippen molar-refractivity contribution in [3.8, 4) is 5.75 Å². The van der Waals surface area contributed by atoms with E-state index in [1.54, 1.807) is 0 Å². The first kappa shape index (κ1) is 17.3. The summed E-state index contributed by atoms with van der Waals surface area (Å²) in [5.74, 6) is 0.769. The van der Waals surface area contributed by atoms with Crippen LogP contribution in [0.15, 0.2) is 22.7 Å². The number of rotatable bonds is 4. The van der Waals surface area contributed by atoms with E-state index in [4.69, 9.17) is 4.74 Å². The minimum atomic E-state index is -0.0755. The summed E-state index contributed by atoms with van der Waals surface area (Å²) >= 11 is 3.43. The molecule has 20 heavy (non-hydrogen) atoms. The number of nitrogens with one attached hydrogen (secondary N) is 2. The van der Waals surface area contributed by atoms with E-state index in [-0.39, 0.29) is 30.5 Å². The van der Waals surface area contributed by atoms with Gasteiger partial charge in [0.2, 0.25) is 5.91 Å². The zero-order valence-electron chi connectivity index (χ0n) is 11.6. The molecule has 1 amide bonds. The first-order valence-corrected chi connectivity index (χ1v) is 7.35. The molecule has 0 bridgehead atoms. The molecule has 0 aliphatic carbocycles. The van der Waals surface area contributed by atoms with Gasteiger partial charge in [-0.15, -0.1) is 12.4 Å². The fourth-order valence-electron chi connectivity index (χ4n) is 2.11. The zero-order valence-corrected chi connectivity index (χ0v) is 14.0. The van der Waals surface area contributed by atoms with Crippen LogP contribution in [0, 0.1) is 0 Å². The second kappa shape index (κ2) is 7.86. The first-order chi connectivity index (χ1) is 9.04. The third-order valence-electron chi connectivity index (χ3n) is 2.89. The molecule has 1 aliphatic rings. The maximum Gasteiger partial charge on any atom is 0.241 e. The third-order valence-corrected chi connectivity index (χ3v) is 3.35. The van der Waals surface area contributed by atoms with Crippen LogP contribution in [0.25, 0.3) is 0 Å². The highest BCUT2D eigenvalue weighted by Crippen LogP contribution is 2.26.